The van der Waals surface area contributed by atoms with Crippen molar-refractivity contribution in [2.75, 3.05) is 13.6 Å². The average Bonchev–Trinajstić information content (AvgIpc) is 2.44. The van der Waals surface area contributed by atoms with E-state index in [1.807, 2.05) is 13.8 Å². The van der Waals surface area contributed by atoms with Crippen LogP contribution in [0.5, 0.6) is 0 Å². The molecule has 2 amide bonds. The van der Waals surface area contributed by atoms with Crippen LogP contribution in [-0.4, -0.2) is 36.3 Å². The van der Waals surface area contributed by atoms with Crippen LogP contribution in [0.25, 0.3) is 0 Å². The first kappa shape index (κ1) is 10.7. The van der Waals surface area contributed by atoms with Crippen LogP contribution in [0.3, 0.4) is 0 Å². The van der Waals surface area contributed by atoms with E-state index in [0.29, 0.717) is 5.96 Å². The summed E-state index contributed by atoms with van der Waals surface area (Å²) in [4.78, 5) is 27.8. The van der Waals surface area contributed by atoms with Crippen LogP contribution in [0, 0.1) is 5.92 Å². The lowest BCUT2D eigenvalue weighted by Gasteiger charge is -2.09. The van der Waals surface area contributed by atoms with Crippen LogP contribution in [0.4, 0.5) is 0 Å². The minimum absolute atomic E-state index is 0.0894. The molecule has 1 rings (SSSR count). The molecule has 1 saturated heterocycles. The van der Waals surface area contributed by atoms with Gasteiger partial charge in [-0.15, -0.1) is 0 Å². The summed E-state index contributed by atoms with van der Waals surface area (Å²) in [5.41, 5.74) is 0. The first-order valence-electron chi connectivity index (χ1n) is 4.68. The summed E-state index contributed by atoms with van der Waals surface area (Å²) >= 11 is 0. The van der Waals surface area contributed by atoms with Crippen molar-refractivity contribution < 1.29 is 9.59 Å². The molecule has 1 atom stereocenters. The third-order valence-electron chi connectivity index (χ3n) is 2.24. The molecule has 1 N–H and O–H groups in total. The van der Waals surface area contributed by atoms with Gasteiger partial charge in [0.1, 0.15) is 0 Å². The first-order chi connectivity index (χ1) is 6.54. The summed E-state index contributed by atoms with van der Waals surface area (Å²) in [6.07, 6.45) is 0.757. The molecule has 0 saturated carbocycles. The number of aliphatic imine (C=N–C) groups is 1. The summed E-state index contributed by atoms with van der Waals surface area (Å²) in [6.45, 7) is 4.02. The minimum atomic E-state index is -0.184. The molecule has 0 aromatic rings. The molecule has 78 valence electrons. The number of likely N-dealkylation sites (N-methyl/N-ethyl adjacent to an activating group) is 1. The van der Waals surface area contributed by atoms with E-state index in [2.05, 4.69) is 10.3 Å². The maximum absolute atomic E-state index is 11.4. The van der Waals surface area contributed by atoms with E-state index in [1.54, 1.807) is 11.9 Å². The van der Waals surface area contributed by atoms with E-state index in [1.165, 1.54) is 0 Å². The number of amides is 2. The number of guanidine groups is 1. The highest BCUT2D eigenvalue weighted by molar-refractivity contribution is 6.07. The van der Waals surface area contributed by atoms with Gasteiger partial charge in [-0.25, -0.2) is 0 Å². The van der Waals surface area contributed by atoms with Crippen molar-refractivity contribution in [2.24, 2.45) is 10.9 Å². The van der Waals surface area contributed by atoms with E-state index in [0.717, 1.165) is 6.42 Å². The second-order valence-corrected chi connectivity index (χ2v) is 3.49. The summed E-state index contributed by atoms with van der Waals surface area (Å²) in [7, 11) is 1.72. The van der Waals surface area contributed by atoms with Crippen molar-refractivity contribution in [3.05, 3.63) is 0 Å². The SMILES string of the molecule is CC[C@H](C)C(=O)N=C1NC(=O)CN1C. The Bertz CT molecular complexity index is 286. The Hall–Kier alpha value is -1.39. The Kier molecular flexibility index (Phi) is 3.22. The number of hydrogen-bond acceptors (Lipinski definition) is 2. The van der Waals surface area contributed by atoms with Crippen LogP contribution in [0.15, 0.2) is 4.99 Å². The molecule has 0 bridgehead atoms. The Balaban J connectivity index is 2.68. The second kappa shape index (κ2) is 4.21. The fourth-order valence-corrected chi connectivity index (χ4v) is 1.05. The Morgan fingerprint density at radius 1 is 1.71 bits per heavy atom. The van der Waals surface area contributed by atoms with Crippen LogP contribution in [0.1, 0.15) is 20.3 Å². The molecule has 0 unspecified atom stereocenters. The third-order valence-corrected chi connectivity index (χ3v) is 2.24. The zero-order valence-electron chi connectivity index (χ0n) is 8.70. The van der Waals surface area contributed by atoms with E-state index in [9.17, 15) is 9.59 Å². The highest BCUT2D eigenvalue weighted by atomic mass is 16.2. The van der Waals surface area contributed by atoms with Crippen LogP contribution < -0.4 is 5.32 Å². The topological polar surface area (TPSA) is 61.8 Å². The van der Waals surface area contributed by atoms with E-state index in [-0.39, 0.29) is 24.3 Å². The monoisotopic (exact) mass is 197 g/mol. The number of nitrogens with zero attached hydrogens (tertiary/aromatic N) is 2. The van der Waals surface area contributed by atoms with Crippen LogP contribution >= 0.6 is 0 Å². The van der Waals surface area contributed by atoms with Crippen molar-refractivity contribution in [3.8, 4) is 0 Å². The van der Waals surface area contributed by atoms with Crippen molar-refractivity contribution in [1.29, 1.82) is 0 Å². The van der Waals surface area contributed by atoms with Gasteiger partial charge in [0.2, 0.25) is 11.9 Å². The Morgan fingerprint density at radius 3 is 2.79 bits per heavy atom. The zero-order chi connectivity index (χ0) is 10.7. The number of carbonyl (C=O) groups is 2. The fraction of sp³-hybridized carbons (Fsp3) is 0.667. The van der Waals surface area contributed by atoms with E-state index >= 15 is 0 Å². The molecule has 0 spiro atoms. The predicted molar refractivity (Wildman–Crippen MR) is 52.7 cm³/mol. The molecule has 14 heavy (non-hydrogen) atoms. The molecule has 5 heteroatoms. The average molecular weight is 197 g/mol. The van der Waals surface area contributed by atoms with Crippen molar-refractivity contribution >= 4 is 17.8 Å². The fourth-order valence-electron chi connectivity index (χ4n) is 1.05. The number of rotatable bonds is 2. The molecule has 0 aliphatic carbocycles. The van der Waals surface area contributed by atoms with Crippen LogP contribution in [0.2, 0.25) is 0 Å². The summed E-state index contributed by atoms with van der Waals surface area (Å²) in [5.74, 6) is -0.0338. The Morgan fingerprint density at radius 2 is 2.36 bits per heavy atom. The molecule has 0 aromatic carbocycles. The normalized spacial score (nSPS) is 21.2. The molecule has 1 aliphatic rings. The quantitative estimate of drug-likeness (QED) is 0.676. The first-order valence-corrected chi connectivity index (χ1v) is 4.68. The predicted octanol–water partition coefficient (Wildman–Crippen LogP) is -0.0233. The molecular weight excluding hydrogens is 182 g/mol. The standard InChI is InChI=1S/C9H15N3O2/c1-4-6(2)8(14)11-9-10-7(13)5-12(9)3/h6H,4-5H2,1-3H3,(H,10,11,13,14)/t6-/m0/s1. The maximum Gasteiger partial charge on any atom is 0.251 e. The lowest BCUT2D eigenvalue weighted by atomic mass is 10.1. The smallest absolute Gasteiger partial charge is 0.251 e. The van der Waals surface area contributed by atoms with Crippen molar-refractivity contribution in [2.45, 2.75) is 20.3 Å². The van der Waals surface area contributed by atoms with Gasteiger partial charge in [-0.1, -0.05) is 13.8 Å². The number of hydrogen-bond donors (Lipinski definition) is 1. The highest BCUT2D eigenvalue weighted by Gasteiger charge is 2.23. The van der Waals surface area contributed by atoms with Gasteiger partial charge in [-0.05, 0) is 6.42 Å². The van der Waals surface area contributed by atoms with E-state index < -0.39 is 0 Å². The molecule has 5 nitrogen and oxygen atoms in total. The van der Waals surface area contributed by atoms with Gasteiger partial charge in [0.15, 0.2) is 0 Å². The van der Waals surface area contributed by atoms with Gasteiger partial charge in [-0.3, -0.25) is 14.9 Å². The molecule has 1 fully saturated rings. The highest BCUT2D eigenvalue weighted by Crippen LogP contribution is 2.04. The lowest BCUT2D eigenvalue weighted by molar-refractivity contribution is -0.121. The number of nitrogens with one attached hydrogen (secondary N) is 1. The van der Waals surface area contributed by atoms with Gasteiger partial charge in [0.25, 0.3) is 5.91 Å². The minimum Gasteiger partial charge on any atom is -0.336 e. The summed E-state index contributed by atoms with van der Waals surface area (Å²) in [6, 6.07) is 0. The largest absolute Gasteiger partial charge is 0.336 e. The van der Waals surface area contributed by atoms with Gasteiger partial charge >= 0.3 is 0 Å². The third kappa shape index (κ3) is 2.31. The molecule has 0 aromatic heterocycles. The Labute approximate surface area is 83.2 Å². The molecule has 1 aliphatic heterocycles. The zero-order valence-corrected chi connectivity index (χ0v) is 8.70. The second-order valence-electron chi connectivity index (χ2n) is 3.49. The number of carbonyl (C=O) groups excluding carboxylic acids is 2. The van der Waals surface area contributed by atoms with Crippen molar-refractivity contribution in [3.63, 3.8) is 0 Å². The van der Waals surface area contributed by atoms with Gasteiger partial charge in [0, 0.05) is 13.0 Å². The molecule has 0 radical (unpaired) electrons. The molecule has 1 heterocycles. The summed E-state index contributed by atoms with van der Waals surface area (Å²) < 4.78 is 0. The van der Waals surface area contributed by atoms with Gasteiger partial charge in [-0.2, -0.15) is 4.99 Å². The van der Waals surface area contributed by atoms with Crippen molar-refractivity contribution in [1.82, 2.24) is 10.2 Å². The van der Waals surface area contributed by atoms with Gasteiger partial charge < -0.3 is 4.90 Å². The lowest BCUT2D eigenvalue weighted by Crippen LogP contribution is -2.29. The molecular formula is C9H15N3O2. The summed E-state index contributed by atoms with van der Waals surface area (Å²) in [5, 5.41) is 2.53. The maximum atomic E-state index is 11.4. The van der Waals surface area contributed by atoms with Crippen LogP contribution in [-0.2, 0) is 9.59 Å². The van der Waals surface area contributed by atoms with E-state index in [4.69, 9.17) is 0 Å². The van der Waals surface area contributed by atoms with Gasteiger partial charge in [0.05, 0.1) is 6.54 Å².